The van der Waals surface area contributed by atoms with Crippen molar-refractivity contribution in [3.05, 3.63) is 34.8 Å². The molecule has 0 spiro atoms. The van der Waals surface area contributed by atoms with E-state index in [-0.39, 0.29) is 5.91 Å². The van der Waals surface area contributed by atoms with Crippen LogP contribution in [0, 0.1) is 0 Å². The van der Waals surface area contributed by atoms with Gasteiger partial charge < -0.3 is 0 Å². The highest BCUT2D eigenvalue weighted by Gasteiger charge is 2.22. The second-order valence-electron chi connectivity index (χ2n) is 3.00. The molecule has 2 aliphatic rings. The summed E-state index contributed by atoms with van der Waals surface area (Å²) in [5.41, 5.74) is 0.990. The lowest BCUT2D eigenvalue weighted by molar-refractivity contribution is -0.111. The van der Waals surface area contributed by atoms with E-state index in [1.807, 2.05) is 18.2 Å². The molecule has 0 unspecified atom stereocenters. The van der Waals surface area contributed by atoms with E-state index in [9.17, 15) is 4.79 Å². The van der Waals surface area contributed by atoms with Crippen LogP contribution in [0.15, 0.2) is 39.2 Å². The fourth-order valence-corrected chi connectivity index (χ4v) is 1.55. The molecule has 0 bridgehead atoms. The zero-order valence-corrected chi connectivity index (χ0v) is 7.14. The third-order valence-electron chi connectivity index (χ3n) is 2.18. The molecule has 0 N–H and O–H groups in total. The van der Waals surface area contributed by atoms with Gasteiger partial charge in [0.05, 0.1) is 5.36 Å². The van der Waals surface area contributed by atoms with Crippen LogP contribution in [-0.2, 0) is 4.79 Å². The second kappa shape index (κ2) is 2.45. The molecular formula is C10H5N3O. The average molecular weight is 183 g/mol. The van der Waals surface area contributed by atoms with Gasteiger partial charge in [-0.1, -0.05) is 18.2 Å². The molecule has 2 aliphatic heterocycles. The Morgan fingerprint density at radius 3 is 2.93 bits per heavy atom. The minimum atomic E-state index is -0.309. The van der Waals surface area contributed by atoms with Crippen LogP contribution in [0.1, 0.15) is 0 Å². The molecule has 66 valence electrons. The number of benzene rings is 1. The van der Waals surface area contributed by atoms with Crippen LogP contribution in [0.3, 0.4) is 0 Å². The Kier molecular flexibility index (Phi) is 1.28. The normalized spacial score (nSPS) is 17.3. The van der Waals surface area contributed by atoms with Gasteiger partial charge in [-0.2, -0.15) is 0 Å². The summed E-state index contributed by atoms with van der Waals surface area (Å²) in [4.78, 5) is 23.3. The molecule has 3 rings (SSSR count). The topological polar surface area (TPSA) is 54.1 Å². The molecule has 0 aliphatic carbocycles. The summed E-state index contributed by atoms with van der Waals surface area (Å²) in [5, 5.41) is 1.55. The van der Waals surface area contributed by atoms with Gasteiger partial charge in [0.15, 0.2) is 5.71 Å². The first-order chi connectivity index (χ1) is 6.86. The van der Waals surface area contributed by atoms with Crippen LogP contribution in [0.25, 0.3) is 5.70 Å². The first-order valence-electron chi connectivity index (χ1n) is 4.19. The fraction of sp³-hybridized carbons (Fsp3) is 0. The van der Waals surface area contributed by atoms with Crippen LogP contribution in [0.5, 0.6) is 0 Å². The standard InChI is InChI=1S/C10H5N3O/c14-10-9-8(11-5-12-9)6-3-1-2-4-7(6)13-10/h1-5H. The molecule has 0 radical (unpaired) electrons. The Labute approximate surface area is 79.0 Å². The smallest absolute Gasteiger partial charge is 0.265 e. The zero-order chi connectivity index (χ0) is 9.54. The van der Waals surface area contributed by atoms with Crippen molar-refractivity contribution in [1.29, 1.82) is 0 Å². The number of hydrogen-bond donors (Lipinski definition) is 0. The van der Waals surface area contributed by atoms with E-state index in [0.29, 0.717) is 16.8 Å². The Balaban J connectivity index is 2.57. The molecule has 2 heterocycles. The van der Waals surface area contributed by atoms with E-state index in [1.54, 1.807) is 6.07 Å². The summed E-state index contributed by atoms with van der Waals surface area (Å²) < 4.78 is 0. The Hall–Kier alpha value is -2.10. The number of carbonyl (C=O) groups excluding carboxylic acids is 1. The summed E-state index contributed by atoms with van der Waals surface area (Å²) in [6.45, 7) is 0. The van der Waals surface area contributed by atoms with Gasteiger partial charge in [0.25, 0.3) is 5.91 Å². The van der Waals surface area contributed by atoms with E-state index >= 15 is 0 Å². The maximum atomic E-state index is 11.4. The van der Waals surface area contributed by atoms with E-state index in [1.165, 1.54) is 6.34 Å². The van der Waals surface area contributed by atoms with Crippen LogP contribution >= 0.6 is 0 Å². The lowest BCUT2D eigenvalue weighted by atomic mass is 10.1. The molecule has 0 saturated heterocycles. The summed E-state index contributed by atoms with van der Waals surface area (Å²) in [5.74, 6) is -0.309. The van der Waals surface area contributed by atoms with Crippen molar-refractivity contribution in [1.82, 2.24) is 0 Å². The van der Waals surface area contributed by atoms with Crippen LogP contribution in [0.4, 0.5) is 0 Å². The molecule has 14 heavy (non-hydrogen) atoms. The van der Waals surface area contributed by atoms with Crippen molar-refractivity contribution >= 4 is 23.7 Å². The highest BCUT2D eigenvalue weighted by molar-refractivity contribution is 6.56. The highest BCUT2D eigenvalue weighted by Crippen LogP contribution is 2.08. The molecule has 0 fully saturated rings. The molecule has 0 atom stereocenters. The number of para-hydroxylation sites is 1. The minimum absolute atomic E-state index is 0.309. The largest absolute Gasteiger partial charge is 0.298 e. The fourth-order valence-electron chi connectivity index (χ4n) is 1.55. The van der Waals surface area contributed by atoms with Crippen molar-refractivity contribution in [3.63, 3.8) is 0 Å². The molecule has 0 saturated carbocycles. The maximum absolute atomic E-state index is 11.4. The quantitative estimate of drug-likeness (QED) is 0.531. The summed E-state index contributed by atoms with van der Waals surface area (Å²) in [6, 6.07) is 7.42. The van der Waals surface area contributed by atoms with Crippen molar-refractivity contribution in [2.24, 2.45) is 15.0 Å². The Morgan fingerprint density at radius 2 is 2.00 bits per heavy atom. The van der Waals surface area contributed by atoms with Gasteiger partial charge in [0.2, 0.25) is 0 Å². The third-order valence-corrected chi connectivity index (χ3v) is 2.18. The number of nitrogens with zero attached hydrogens (tertiary/aromatic N) is 3. The zero-order valence-electron chi connectivity index (χ0n) is 7.14. The summed E-state index contributed by atoms with van der Waals surface area (Å²) in [7, 11) is 0. The molecule has 1 aromatic rings. The molecule has 4 nitrogen and oxygen atoms in total. The maximum Gasteiger partial charge on any atom is 0.298 e. The molecular weight excluding hydrogens is 178 g/mol. The van der Waals surface area contributed by atoms with E-state index in [0.717, 1.165) is 5.22 Å². The van der Waals surface area contributed by atoms with E-state index in [4.69, 9.17) is 0 Å². The van der Waals surface area contributed by atoms with Gasteiger partial charge in [0, 0.05) is 5.22 Å². The van der Waals surface area contributed by atoms with E-state index < -0.39 is 0 Å². The summed E-state index contributed by atoms with van der Waals surface area (Å²) >= 11 is 0. The van der Waals surface area contributed by atoms with Crippen LogP contribution in [0.2, 0.25) is 0 Å². The van der Waals surface area contributed by atoms with Gasteiger partial charge in [0.1, 0.15) is 12.0 Å². The monoisotopic (exact) mass is 183 g/mol. The molecule has 0 aromatic heterocycles. The predicted molar refractivity (Wildman–Crippen MR) is 51.6 cm³/mol. The third kappa shape index (κ3) is 0.821. The van der Waals surface area contributed by atoms with Crippen LogP contribution < -0.4 is 10.6 Å². The molecule has 1 aromatic carbocycles. The predicted octanol–water partition coefficient (Wildman–Crippen LogP) is -0.562. The first kappa shape index (κ1) is 7.32. The summed E-state index contributed by atoms with van der Waals surface area (Å²) in [6.07, 6.45) is 1.39. The second-order valence-corrected chi connectivity index (χ2v) is 3.00. The van der Waals surface area contributed by atoms with Gasteiger partial charge in [-0.15, -0.1) is 0 Å². The number of aliphatic imine (C=N–C) groups is 2. The number of amides is 1. The molecule has 4 heteroatoms. The van der Waals surface area contributed by atoms with Gasteiger partial charge >= 0.3 is 0 Å². The lowest BCUT2D eigenvalue weighted by Gasteiger charge is -2.02. The lowest BCUT2D eigenvalue weighted by Crippen LogP contribution is -2.36. The van der Waals surface area contributed by atoms with E-state index in [2.05, 4.69) is 15.0 Å². The average Bonchev–Trinajstić information content (AvgIpc) is 2.67. The first-order valence-corrected chi connectivity index (χ1v) is 4.19. The Morgan fingerprint density at radius 1 is 1.14 bits per heavy atom. The van der Waals surface area contributed by atoms with Crippen LogP contribution in [-0.4, -0.2) is 18.0 Å². The van der Waals surface area contributed by atoms with Crippen molar-refractivity contribution < 1.29 is 4.79 Å². The van der Waals surface area contributed by atoms with Gasteiger partial charge in [-0.3, -0.25) is 4.79 Å². The molecule has 1 amide bonds. The van der Waals surface area contributed by atoms with Crippen molar-refractivity contribution in [3.8, 4) is 0 Å². The van der Waals surface area contributed by atoms with Crippen molar-refractivity contribution in [2.45, 2.75) is 0 Å². The number of rotatable bonds is 0. The Bertz CT molecular complexity index is 610. The minimum Gasteiger partial charge on any atom is -0.265 e. The number of carbonyl (C=O) groups is 1. The number of hydrogen-bond acceptors (Lipinski definition) is 3. The SMILES string of the molecule is O=C1N=c2ccccc2=C2N=CN=C12. The van der Waals surface area contributed by atoms with Gasteiger partial charge in [-0.05, 0) is 6.07 Å². The highest BCUT2D eigenvalue weighted by atomic mass is 16.1. The number of fused-ring (bicyclic) bond motifs is 2. The van der Waals surface area contributed by atoms with Crippen molar-refractivity contribution in [2.75, 3.05) is 0 Å². The van der Waals surface area contributed by atoms with Gasteiger partial charge in [-0.25, -0.2) is 15.0 Å².